The van der Waals surface area contributed by atoms with Crippen LogP contribution in [-0.4, -0.2) is 9.97 Å². The van der Waals surface area contributed by atoms with E-state index in [0.29, 0.717) is 26.4 Å². The third-order valence-corrected chi connectivity index (χ3v) is 4.07. The zero-order valence-corrected chi connectivity index (χ0v) is 13.8. The molecule has 106 valence electrons. The Morgan fingerprint density at radius 3 is 2.33 bits per heavy atom. The fraction of sp³-hybridized carbons (Fsp3) is 0.125. The van der Waals surface area contributed by atoms with Crippen molar-refractivity contribution in [3.05, 3.63) is 56.9 Å². The summed E-state index contributed by atoms with van der Waals surface area (Å²) in [7, 11) is 0. The average molecular weight is 366 g/mol. The smallest absolute Gasteiger partial charge is 0.161 e. The van der Waals surface area contributed by atoms with E-state index in [9.17, 15) is 4.39 Å². The van der Waals surface area contributed by atoms with Gasteiger partial charge in [-0.3, -0.25) is 0 Å². The van der Waals surface area contributed by atoms with Crippen LogP contribution < -0.4 is 0 Å². The molecule has 1 heterocycles. The number of aromatic nitrogens is 2. The van der Waals surface area contributed by atoms with Crippen LogP contribution in [0.2, 0.25) is 5.15 Å². The van der Waals surface area contributed by atoms with Crippen LogP contribution in [0.4, 0.5) is 4.39 Å². The fourth-order valence-electron chi connectivity index (χ4n) is 2.32. The number of aryl methyl sites for hydroxylation is 2. The van der Waals surface area contributed by atoms with Gasteiger partial charge in [0.15, 0.2) is 5.82 Å². The summed E-state index contributed by atoms with van der Waals surface area (Å²) in [6.07, 6.45) is 0. The van der Waals surface area contributed by atoms with Gasteiger partial charge in [-0.2, -0.15) is 0 Å². The third kappa shape index (κ3) is 2.78. The number of hydrogen-bond donors (Lipinski definition) is 0. The zero-order valence-electron chi connectivity index (χ0n) is 11.4. The molecule has 0 radical (unpaired) electrons. The van der Waals surface area contributed by atoms with Gasteiger partial charge in [-0.25, -0.2) is 14.4 Å². The van der Waals surface area contributed by atoms with Crippen LogP contribution in [0.3, 0.4) is 0 Å². The zero-order chi connectivity index (χ0) is 15.1. The number of benzene rings is 2. The van der Waals surface area contributed by atoms with Crippen LogP contribution in [0.1, 0.15) is 11.1 Å². The molecule has 0 unspecified atom stereocenters. The SMILES string of the molecule is Cc1cc(C)cc(-c2nc(Cl)c3cc(Br)c(F)cc3n2)c1. The molecule has 0 amide bonds. The van der Waals surface area contributed by atoms with E-state index < -0.39 is 0 Å². The molecule has 0 aliphatic carbocycles. The predicted molar refractivity (Wildman–Crippen MR) is 87.1 cm³/mol. The second-order valence-corrected chi connectivity index (χ2v) is 6.21. The Morgan fingerprint density at radius 1 is 1.00 bits per heavy atom. The van der Waals surface area contributed by atoms with Gasteiger partial charge in [-0.1, -0.05) is 28.8 Å². The summed E-state index contributed by atoms with van der Waals surface area (Å²) in [5, 5.41) is 0.938. The van der Waals surface area contributed by atoms with Gasteiger partial charge < -0.3 is 0 Å². The molecule has 0 atom stereocenters. The number of halogens is 3. The monoisotopic (exact) mass is 364 g/mol. The molecule has 0 aliphatic rings. The van der Waals surface area contributed by atoms with Gasteiger partial charge in [-0.05, 0) is 48.0 Å². The van der Waals surface area contributed by atoms with Gasteiger partial charge in [0, 0.05) is 17.0 Å². The van der Waals surface area contributed by atoms with Crippen molar-refractivity contribution < 1.29 is 4.39 Å². The molecule has 0 bridgehead atoms. The van der Waals surface area contributed by atoms with Crippen LogP contribution in [-0.2, 0) is 0 Å². The summed E-state index contributed by atoms with van der Waals surface area (Å²) in [6.45, 7) is 4.02. The van der Waals surface area contributed by atoms with Gasteiger partial charge in [0.25, 0.3) is 0 Å². The summed E-state index contributed by atoms with van der Waals surface area (Å²) >= 11 is 9.37. The van der Waals surface area contributed by atoms with Gasteiger partial charge in [0.05, 0.1) is 9.99 Å². The Kier molecular flexibility index (Phi) is 3.68. The lowest BCUT2D eigenvalue weighted by molar-refractivity contribution is 0.623. The molecule has 3 aromatic rings. The largest absolute Gasteiger partial charge is 0.228 e. The molecule has 2 aromatic carbocycles. The number of nitrogens with zero attached hydrogens (tertiary/aromatic N) is 2. The fourth-order valence-corrected chi connectivity index (χ4v) is 2.89. The van der Waals surface area contributed by atoms with Crippen LogP contribution in [0.25, 0.3) is 22.3 Å². The maximum atomic E-state index is 13.7. The second-order valence-electron chi connectivity index (χ2n) is 5.00. The van der Waals surface area contributed by atoms with Crippen molar-refractivity contribution in [2.75, 3.05) is 0 Å². The Balaban J connectivity index is 2.27. The summed E-state index contributed by atoms with van der Waals surface area (Å²) in [5.74, 6) is 0.129. The molecular formula is C16H11BrClFN2. The van der Waals surface area contributed by atoms with Crippen molar-refractivity contribution in [1.82, 2.24) is 9.97 Å². The van der Waals surface area contributed by atoms with Crippen LogP contribution in [0.5, 0.6) is 0 Å². The van der Waals surface area contributed by atoms with Crippen molar-refractivity contribution in [3.63, 3.8) is 0 Å². The molecule has 2 nitrogen and oxygen atoms in total. The van der Waals surface area contributed by atoms with Crippen molar-refractivity contribution in [3.8, 4) is 11.4 Å². The van der Waals surface area contributed by atoms with Gasteiger partial charge in [0.1, 0.15) is 11.0 Å². The van der Waals surface area contributed by atoms with E-state index >= 15 is 0 Å². The maximum Gasteiger partial charge on any atom is 0.161 e. The Hall–Kier alpha value is -1.52. The predicted octanol–water partition coefficient (Wildman–Crippen LogP) is 5.47. The molecule has 0 fully saturated rings. The normalized spacial score (nSPS) is 11.1. The van der Waals surface area contributed by atoms with Crippen molar-refractivity contribution >= 4 is 38.4 Å². The molecule has 0 saturated heterocycles. The lowest BCUT2D eigenvalue weighted by Crippen LogP contribution is -1.94. The van der Waals surface area contributed by atoms with Gasteiger partial charge in [0.2, 0.25) is 0 Å². The Bertz CT molecular complexity index is 844. The molecular weight excluding hydrogens is 355 g/mol. The first-order valence-corrected chi connectivity index (χ1v) is 7.52. The molecule has 1 aromatic heterocycles. The van der Waals surface area contributed by atoms with Gasteiger partial charge in [-0.15, -0.1) is 0 Å². The van der Waals surface area contributed by atoms with E-state index in [1.54, 1.807) is 6.07 Å². The topological polar surface area (TPSA) is 25.8 Å². The molecule has 3 rings (SSSR count). The van der Waals surface area contributed by atoms with Crippen LogP contribution in [0.15, 0.2) is 34.8 Å². The lowest BCUT2D eigenvalue weighted by Gasteiger charge is -2.07. The van der Waals surface area contributed by atoms with Crippen LogP contribution in [0, 0.1) is 19.7 Å². The summed E-state index contributed by atoms with van der Waals surface area (Å²) in [6, 6.07) is 9.00. The first kappa shape index (κ1) is 14.4. The number of fused-ring (bicyclic) bond motifs is 1. The van der Waals surface area contributed by atoms with Crippen molar-refractivity contribution in [1.29, 1.82) is 0 Å². The van der Waals surface area contributed by atoms with E-state index in [0.717, 1.165) is 16.7 Å². The minimum Gasteiger partial charge on any atom is -0.228 e. The summed E-state index contributed by atoms with van der Waals surface area (Å²) < 4.78 is 14.0. The van der Waals surface area contributed by atoms with E-state index in [1.165, 1.54) is 6.07 Å². The minimum absolute atomic E-state index is 0.315. The van der Waals surface area contributed by atoms with Gasteiger partial charge >= 0.3 is 0 Å². The van der Waals surface area contributed by atoms with E-state index in [-0.39, 0.29) is 5.82 Å². The quantitative estimate of drug-likeness (QED) is 0.534. The third-order valence-electron chi connectivity index (χ3n) is 3.17. The maximum absolute atomic E-state index is 13.7. The first-order valence-electron chi connectivity index (χ1n) is 6.35. The van der Waals surface area contributed by atoms with E-state index in [2.05, 4.69) is 32.0 Å². The molecule has 0 saturated carbocycles. The summed E-state index contributed by atoms with van der Waals surface area (Å²) in [5.41, 5.74) is 3.60. The van der Waals surface area contributed by atoms with E-state index in [4.69, 9.17) is 11.6 Å². The van der Waals surface area contributed by atoms with E-state index in [1.807, 2.05) is 26.0 Å². The first-order chi connectivity index (χ1) is 9.94. The second kappa shape index (κ2) is 5.35. The molecule has 0 N–H and O–H groups in total. The Labute approximate surface area is 135 Å². The minimum atomic E-state index is -0.372. The van der Waals surface area contributed by atoms with Crippen molar-refractivity contribution in [2.45, 2.75) is 13.8 Å². The Morgan fingerprint density at radius 2 is 1.67 bits per heavy atom. The molecule has 0 aliphatic heterocycles. The highest BCUT2D eigenvalue weighted by atomic mass is 79.9. The highest BCUT2D eigenvalue weighted by Crippen LogP contribution is 2.29. The highest BCUT2D eigenvalue weighted by Gasteiger charge is 2.11. The highest BCUT2D eigenvalue weighted by molar-refractivity contribution is 9.10. The lowest BCUT2D eigenvalue weighted by atomic mass is 10.1. The van der Waals surface area contributed by atoms with Crippen LogP contribution >= 0.6 is 27.5 Å². The standard InChI is InChI=1S/C16H11BrClFN2/c1-8-3-9(2)5-10(4-8)16-20-14-7-13(19)12(17)6-11(14)15(18)21-16/h3-7H,1-2H3. The number of hydrogen-bond acceptors (Lipinski definition) is 2. The molecule has 5 heteroatoms. The summed E-state index contributed by atoms with van der Waals surface area (Å²) in [4.78, 5) is 8.77. The number of rotatable bonds is 1. The molecule has 21 heavy (non-hydrogen) atoms. The molecule has 0 spiro atoms. The van der Waals surface area contributed by atoms with Crippen molar-refractivity contribution in [2.24, 2.45) is 0 Å². The average Bonchev–Trinajstić information content (AvgIpc) is 2.40.